The number of aromatic nitrogens is 3. The van der Waals surface area contributed by atoms with Crippen LogP contribution in [0.25, 0.3) is 0 Å². The second-order valence-corrected chi connectivity index (χ2v) is 6.34. The molecule has 12 nitrogen and oxygen atoms in total. The van der Waals surface area contributed by atoms with Crippen molar-refractivity contribution in [3.05, 3.63) is 31.5 Å². The van der Waals surface area contributed by atoms with E-state index in [0.717, 1.165) is 14.2 Å². The van der Waals surface area contributed by atoms with E-state index in [4.69, 9.17) is 4.74 Å². The normalized spacial score (nSPS) is 11.0. The Kier molecular flexibility index (Phi) is 6.86. The molecule has 0 saturated carbocycles. The molecule has 0 bridgehead atoms. The average Bonchev–Trinajstić information content (AvgIpc) is 2.57. The number of carbonyl (C=O) groups is 3. The van der Waals surface area contributed by atoms with Crippen LogP contribution in [0.15, 0.2) is 14.4 Å². The first-order chi connectivity index (χ1) is 12.4. The SMILES string of the molecule is COC(=O)Cn1c(=O)n(CC(=O)OC)c(=O)n(CC(=O)OC(C)(C)C)c1=O. The fourth-order valence-corrected chi connectivity index (χ4v) is 1.98. The van der Waals surface area contributed by atoms with E-state index in [2.05, 4.69) is 9.47 Å². The van der Waals surface area contributed by atoms with Gasteiger partial charge in [-0.3, -0.25) is 14.4 Å². The van der Waals surface area contributed by atoms with Gasteiger partial charge in [-0.1, -0.05) is 0 Å². The van der Waals surface area contributed by atoms with Gasteiger partial charge in [-0.05, 0) is 20.8 Å². The molecule has 0 N–H and O–H groups in total. The van der Waals surface area contributed by atoms with E-state index in [9.17, 15) is 28.8 Å². The topological polar surface area (TPSA) is 145 Å². The van der Waals surface area contributed by atoms with Gasteiger partial charge in [0, 0.05) is 0 Å². The van der Waals surface area contributed by atoms with Gasteiger partial charge < -0.3 is 14.2 Å². The number of hydrogen-bond acceptors (Lipinski definition) is 9. The maximum absolute atomic E-state index is 12.5. The summed E-state index contributed by atoms with van der Waals surface area (Å²) in [4.78, 5) is 72.2. The molecule has 0 aliphatic heterocycles. The van der Waals surface area contributed by atoms with Gasteiger partial charge in [-0.25, -0.2) is 28.1 Å². The van der Waals surface area contributed by atoms with Crippen LogP contribution in [0.5, 0.6) is 0 Å². The van der Waals surface area contributed by atoms with E-state index in [1.165, 1.54) is 0 Å². The van der Waals surface area contributed by atoms with Crippen molar-refractivity contribution in [2.75, 3.05) is 14.2 Å². The molecule has 0 aliphatic rings. The van der Waals surface area contributed by atoms with Gasteiger partial charge in [0.15, 0.2) is 0 Å². The Balaban J connectivity index is 3.56. The summed E-state index contributed by atoms with van der Waals surface area (Å²) in [6.45, 7) is 2.30. The summed E-state index contributed by atoms with van der Waals surface area (Å²) in [5.74, 6) is -2.81. The van der Waals surface area contributed by atoms with Gasteiger partial charge in [0.25, 0.3) is 0 Å². The van der Waals surface area contributed by atoms with Gasteiger partial charge in [0.05, 0.1) is 14.2 Å². The Morgan fingerprint density at radius 2 is 1.00 bits per heavy atom. The lowest BCUT2D eigenvalue weighted by Crippen LogP contribution is -2.56. The minimum absolute atomic E-state index is 0.376. The Morgan fingerprint density at radius 3 is 1.26 bits per heavy atom. The van der Waals surface area contributed by atoms with Crippen LogP contribution in [0.4, 0.5) is 0 Å². The standard InChI is InChI=1S/C15H21N3O9/c1-15(2,3)27-11(21)8-18-13(23)16(6-9(19)25-4)12(22)17(14(18)24)7-10(20)26-5/h6-8H2,1-5H3. The third kappa shape index (κ3) is 5.66. The molecule has 0 aliphatic carbocycles. The third-order valence-corrected chi connectivity index (χ3v) is 3.12. The largest absolute Gasteiger partial charge is 0.468 e. The van der Waals surface area contributed by atoms with E-state index >= 15 is 0 Å². The fourth-order valence-electron chi connectivity index (χ4n) is 1.98. The average molecular weight is 387 g/mol. The molecule has 1 heterocycles. The highest BCUT2D eigenvalue weighted by Crippen LogP contribution is 2.06. The first-order valence-electron chi connectivity index (χ1n) is 7.71. The summed E-state index contributed by atoms with van der Waals surface area (Å²) in [6.07, 6.45) is 0. The molecule has 0 spiro atoms. The van der Waals surface area contributed by atoms with Crippen LogP contribution in [0, 0.1) is 0 Å². The van der Waals surface area contributed by atoms with Crippen LogP contribution >= 0.6 is 0 Å². The number of ether oxygens (including phenoxy) is 3. The molecular formula is C15H21N3O9. The highest BCUT2D eigenvalue weighted by atomic mass is 16.6. The first kappa shape index (κ1) is 21.9. The van der Waals surface area contributed by atoms with Crippen molar-refractivity contribution >= 4 is 17.9 Å². The predicted molar refractivity (Wildman–Crippen MR) is 89.1 cm³/mol. The Hall–Kier alpha value is -3.18. The summed E-state index contributed by atoms with van der Waals surface area (Å²) in [5, 5.41) is 0. The lowest BCUT2D eigenvalue weighted by Gasteiger charge is -2.20. The zero-order valence-corrected chi connectivity index (χ0v) is 15.6. The van der Waals surface area contributed by atoms with E-state index < -0.39 is 60.2 Å². The van der Waals surface area contributed by atoms with Crippen LogP contribution in [-0.4, -0.2) is 51.4 Å². The molecule has 0 saturated heterocycles. The zero-order valence-electron chi connectivity index (χ0n) is 15.6. The van der Waals surface area contributed by atoms with Crippen molar-refractivity contribution in [1.82, 2.24) is 13.7 Å². The number of carbonyl (C=O) groups excluding carboxylic acids is 3. The van der Waals surface area contributed by atoms with Crippen molar-refractivity contribution in [2.24, 2.45) is 0 Å². The monoisotopic (exact) mass is 387 g/mol. The molecule has 1 aromatic heterocycles. The number of rotatable bonds is 6. The molecule has 0 fully saturated rings. The summed E-state index contributed by atoms with van der Waals surface area (Å²) < 4.78 is 15.0. The van der Waals surface area contributed by atoms with Gasteiger partial charge in [0.2, 0.25) is 0 Å². The van der Waals surface area contributed by atoms with Crippen molar-refractivity contribution in [2.45, 2.75) is 46.0 Å². The number of methoxy groups -OCH3 is 2. The Labute approximate surface area is 152 Å². The molecular weight excluding hydrogens is 366 g/mol. The number of nitrogens with zero attached hydrogens (tertiary/aromatic N) is 3. The molecule has 1 rings (SSSR count). The maximum atomic E-state index is 12.5. The Bertz CT molecular complexity index is 858. The van der Waals surface area contributed by atoms with Gasteiger partial charge >= 0.3 is 35.0 Å². The molecule has 0 atom stereocenters. The molecule has 1 aromatic rings. The van der Waals surface area contributed by atoms with Gasteiger partial charge in [0.1, 0.15) is 25.2 Å². The quantitative estimate of drug-likeness (QED) is 0.394. The van der Waals surface area contributed by atoms with Crippen molar-refractivity contribution < 1.29 is 28.6 Å². The Morgan fingerprint density at radius 1 is 0.704 bits per heavy atom. The lowest BCUT2D eigenvalue weighted by molar-refractivity contribution is -0.155. The van der Waals surface area contributed by atoms with Crippen molar-refractivity contribution in [3.8, 4) is 0 Å². The highest BCUT2D eigenvalue weighted by molar-refractivity contribution is 5.70. The first-order valence-corrected chi connectivity index (χ1v) is 7.71. The number of hydrogen-bond donors (Lipinski definition) is 0. The molecule has 0 unspecified atom stereocenters. The van der Waals surface area contributed by atoms with E-state index in [1.54, 1.807) is 20.8 Å². The third-order valence-electron chi connectivity index (χ3n) is 3.12. The molecule has 0 amide bonds. The minimum Gasteiger partial charge on any atom is -0.468 e. The van der Waals surface area contributed by atoms with Crippen LogP contribution in [0.1, 0.15) is 20.8 Å². The van der Waals surface area contributed by atoms with Crippen LogP contribution < -0.4 is 17.1 Å². The van der Waals surface area contributed by atoms with E-state index in [1.807, 2.05) is 0 Å². The zero-order chi connectivity index (χ0) is 20.9. The van der Waals surface area contributed by atoms with E-state index in [-0.39, 0.29) is 0 Å². The molecule has 12 heteroatoms. The maximum Gasteiger partial charge on any atom is 0.337 e. The van der Waals surface area contributed by atoms with Crippen LogP contribution in [0.2, 0.25) is 0 Å². The second-order valence-electron chi connectivity index (χ2n) is 6.34. The summed E-state index contributed by atoms with van der Waals surface area (Å²) >= 11 is 0. The van der Waals surface area contributed by atoms with Crippen molar-refractivity contribution in [1.29, 1.82) is 0 Å². The second kappa shape index (κ2) is 8.47. The fraction of sp³-hybridized carbons (Fsp3) is 0.600. The predicted octanol–water partition coefficient (Wildman–Crippen LogP) is -2.14. The summed E-state index contributed by atoms with van der Waals surface area (Å²) in [5.41, 5.74) is -4.54. The van der Waals surface area contributed by atoms with Gasteiger partial charge in [-0.2, -0.15) is 0 Å². The molecule has 27 heavy (non-hydrogen) atoms. The smallest absolute Gasteiger partial charge is 0.337 e. The van der Waals surface area contributed by atoms with Crippen LogP contribution in [-0.2, 0) is 48.2 Å². The molecule has 0 aromatic carbocycles. The van der Waals surface area contributed by atoms with Crippen LogP contribution in [0.3, 0.4) is 0 Å². The minimum atomic E-state index is -1.22. The van der Waals surface area contributed by atoms with E-state index in [0.29, 0.717) is 13.7 Å². The molecule has 0 radical (unpaired) electrons. The number of esters is 3. The summed E-state index contributed by atoms with van der Waals surface area (Å²) in [6, 6.07) is 0. The van der Waals surface area contributed by atoms with Gasteiger partial charge in [-0.15, -0.1) is 0 Å². The van der Waals surface area contributed by atoms with Crippen molar-refractivity contribution in [3.63, 3.8) is 0 Å². The lowest BCUT2D eigenvalue weighted by atomic mass is 10.2. The highest BCUT2D eigenvalue weighted by Gasteiger charge is 2.23. The summed E-state index contributed by atoms with van der Waals surface area (Å²) in [7, 11) is 2.08. The molecule has 150 valence electrons.